The van der Waals surface area contributed by atoms with Crippen LogP contribution in [-0.2, 0) is 21.4 Å². The minimum absolute atomic E-state index is 0.158. The number of ether oxygens (including phenoxy) is 1. The number of nitrogens with one attached hydrogen (secondary N) is 2. The SMILES string of the molecule is Cc1cnn(C)c1-c1ccc(NC(=O)[C@@H](NC(=O)C2(F)CC2)[C@H](C)c2cccc(-c3cncc(N4C[C@@H]5C[C@H]4CO5)n3)c2)cc1. The Kier molecular flexibility index (Phi) is 7.35. The van der Waals surface area contributed by atoms with Gasteiger partial charge in [0.2, 0.25) is 5.91 Å². The van der Waals surface area contributed by atoms with Gasteiger partial charge in [-0.1, -0.05) is 37.3 Å². The molecule has 232 valence electrons. The molecule has 45 heavy (non-hydrogen) atoms. The van der Waals surface area contributed by atoms with E-state index < -0.39 is 29.4 Å². The lowest BCUT2D eigenvalue weighted by atomic mass is 9.90. The third-order valence-corrected chi connectivity index (χ3v) is 9.24. The average molecular weight is 610 g/mol. The number of halogens is 1. The summed E-state index contributed by atoms with van der Waals surface area (Å²) in [5.41, 5.74) is 4.00. The minimum atomic E-state index is -1.92. The fraction of sp³-hybridized carbons (Fsp3) is 0.382. The molecule has 4 heterocycles. The van der Waals surface area contributed by atoms with Crippen LogP contribution in [0.1, 0.15) is 43.2 Å². The molecule has 4 aromatic rings. The molecule has 2 aromatic carbocycles. The van der Waals surface area contributed by atoms with Crippen molar-refractivity contribution in [1.82, 2.24) is 25.1 Å². The van der Waals surface area contributed by atoms with E-state index in [0.717, 1.165) is 46.7 Å². The fourth-order valence-electron chi connectivity index (χ4n) is 6.41. The highest BCUT2D eigenvalue weighted by molar-refractivity contribution is 5.99. The Hall–Kier alpha value is -4.64. The molecule has 1 aliphatic carbocycles. The fourth-order valence-corrected chi connectivity index (χ4v) is 6.41. The number of aryl methyl sites for hydroxylation is 2. The molecule has 11 heteroatoms. The largest absolute Gasteiger partial charge is 0.374 e. The van der Waals surface area contributed by atoms with Crippen molar-refractivity contribution in [2.24, 2.45) is 7.05 Å². The van der Waals surface area contributed by atoms with Gasteiger partial charge < -0.3 is 20.3 Å². The summed E-state index contributed by atoms with van der Waals surface area (Å²) < 4.78 is 22.3. The van der Waals surface area contributed by atoms with Gasteiger partial charge in [-0.15, -0.1) is 0 Å². The van der Waals surface area contributed by atoms with Crippen LogP contribution in [0.4, 0.5) is 15.9 Å². The van der Waals surface area contributed by atoms with Crippen LogP contribution in [0.5, 0.6) is 0 Å². The number of morpholine rings is 1. The lowest BCUT2D eigenvalue weighted by molar-refractivity contribution is -0.131. The zero-order valence-electron chi connectivity index (χ0n) is 25.5. The van der Waals surface area contributed by atoms with Crippen LogP contribution in [0, 0.1) is 6.92 Å². The van der Waals surface area contributed by atoms with Crippen LogP contribution in [-0.4, -0.2) is 68.6 Å². The predicted molar refractivity (Wildman–Crippen MR) is 168 cm³/mol. The highest BCUT2D eigenvalue weighted by Gasteiger charge is 2.52. The third kappa shape index (κ3) is 5.68. The number of benzene rings is 2. The van der Waals surface area contributed by atoms with E-state index in [1.165, 1.54) is 0 Å². The summed E-state index contributed by atoms with van der Waals surface area (Å²) >= 11 is 0. The summed E-state index contributed by atoms with van der Waals surface area (Å²) in [5.74, 6) is -0.845. The molecular weight excluding hydrogens is 573 g/mol. The number of aromatic nitrogens is 4. The van der Waals surface area contributed by atoms with E-state index in [0.29, 0.717) is 24.0 Å². The second kappa shape index (κ2) is 11.4. The zero-order chi connectivity index (χ0) is 31.3. The summed E-state index contributed by atoms with van der Waals surface area (Å²) in [6, 6.07) is 14.5. The Morgan fingerprint density at radius 1 is 1.09 bits per heavy atom. The van der Waals surface area contributed by atoms with Crippen LogP contribution >= 0.6 is 0 Å². The molecule has 2 amide bonds. The van der Waals surface area contributed by atoms with Crippen LogP contribution in [0.25, 0.3) is 22.5 Å². The van der Waals surface area contributed by atoms with Crippen molar-refractivity contribution in [3.63, 3.8) is 0 Å². The Morgan fingerprint density at radius 2 is 1.89 bits per heavy atom. The summed E-state index contributed by atoms with van der Waals surface area (Å²) in [4.78, 5) is 38.2. The summed E-state index contributed by atoms with van der Waals surface area (Å²) in [5, 5.41) is 9.96. The molecule has 2 aromatic heterocycles. The van der Waals surface area contributed by atoms with Crippen molar-refractivity contribution in [2.75, 3.05) is 23.4 Å². The molecule has 0 spiro atoms. The van der Waals surface area contributed by atoms with Crippen molar-refractivity contribution >= 4 is 23.3 Å². The van der Waals surface area contributed by atoms with Gasteiger partial charge in [0.05, 0.1) is 48.7 Å². The molecule has 0 unspecified atom stereocenters. The standard InChI is InChI=1S/C34H36FN7O3/c1-20-15-37-41(3)31(20)22-7-9-25(10-8-22)38-32(43)30(40-33(44)34(35)11-12-34)21(2)23-5-4-6-24(13-23)28-16-36-17-29(39-28)42-18-27-14-26(42)19-45-27/h4-10,13,15-17,21,26-27,30H,11-12,14,18-19H2,1-3H3,(H,38,43)(H,40,44)/t21-,26+,27+,30+/m1/s1. The van der Waals surface area contributed by atoms with Crippen LogP contribution in [0.2, 0.25) is 0 Å². The van der Waals surface area contributed by atoms with Gasteiger partial charge in [0.1, 0.15) is 11.9 Å². The molecule has 10 nitrogen and oxygen atoms in total. The van der Waals surface area contributed by atoms with Crippen LogP contribution < -0.4 is 15.5 Å². The first-order chi connectivity index (χ1) is 21.7. The Bertz CT molecular complexity index is 1730. The maximum atomic E-state index is 14.8. The first-order valence-corrected chi connectivity index (χ1v) is 15.4. The van der Waals surface area contributed by atoms with Crippen LogP contribution in [0.15, 0.2) is 67.1 Å². The van der Waals surface area contributed by atoms with E-state index in [1.807, 2.05) is 80.3 Å². The number of carbonyl (C=O) groups excluding carboxylic acids is 2. The molecule has 1 saturated carbocycles. The van der Waals surface area contributed by atoms with E-state index >= 15 is 0 Å². The summed E-state index contributed by atoms with van der Waals surface area (Å²) in [6.45, 7) is 5.36. The molecule has 3 fully saturated rings. The number of nitrogens with zero attached hydrogens (tertiary/aromatic N) is 5. The number of anilines is 2. The molecule has 2 bridgehead atoms. The molecule has 4 atom stereocenters. The van der Waals surface area contributed by atoms with Gasteiger partial charge in [-0.25, -0.2) is 9.37 Å². The van der Waals surface area contributed by atoms with Gasteiger partial charge in [-0.2, -0.15) is 5.10 Å². The number of carbonyl (C=O) groups is 2. The van der Waals surface area contributed by atoms with Crippen molar-refractivity contribution in [1.29, 1.82) is 0 Å². The van der Waals surface area contributed by atoms with E-state index in [1.54, 1.807) is 12.4 Å². The van der Waals surface area contributed by atoms with Crippen molar-refractivity contribution < 1.29 is 18.7 Å². The Morgan fingerprint density at radius 3 is 2.56 bits per heavy atom. The third-order valence-electron chi connectivity index (χ3n) is 9.24. The van der Waals surface area contributed by atoms with Crippen molar-refractivity contribution in [2.45, 2.75) is 62.9 Å². The Balaban J connectivity index is 1.12. The van der Waals surface area contributed by atoms with Gasteiger partial charge in [-0.3, -0.25) is 19.3 Å². The van der Waals surface area contributed by atoms with E-state index in [2.05, 4.69) is 25.6 Å². The zero-order valence-corrected chi connectivity index (χ0v) is 25.5. The second-order valence-electron chi connectivity index (χ2n) is 12.5. The van der Waals surface area contributed by atoms with Crippen molar-refractivity contribution in [3.05, 3.63) is 78.2 Å². The number of rotatable bonds is 9. The predicted octanol–water partition coefficient (Wildman–Crippen LogP) is 4.56. The maximum absolute atomic E-state index is 14.8. The second-order valence-corrected chi connectivity index (χ2v) is 12.5. The number of hydrogen-bond donors (Lipinski definition) is 2. The molecule has 2 saturated heterocycles. The van der Waals surface area contributed by atoms with Gasteiger partial charge in [0, 0.05) is 36.3 Å². The first-order valence-electron chi connectivity index (χ1n) is 15.4. The minimum Gasteiger partial charge on any atom is -0.374 e. The monoisotopic (exact) mass is 609 g/mol. The molecule has 2 aliphatic heterocycles. The van der Waals surface area contributed by atoms with E-state index in [-0.39, 0.29) is 18.9 Å². The molecule has 3 aliphatic rings. The topological polar surface area (TPSA) is 114 Å². The van der Waals surface area contributed by atoms with Crippen LogP contribution in [0.3, 0.4) is 0 Å². The average Bonchev–Trinajstić information content (AvgIpc) is 3.33. The number of amides is 2. The van der Waals surface area contributed by atoms with E-state index in [4.69, 9.17) is 9.72 Å². The number of hydrogen-bond acceptors (Lipinski definition) is 7. The molecular formula is C34H36FN7O3. The smallest absolute Gasteiger partial charge is 0.258 e. The number of alkyl halides is 1. The van der Waals surface area contributed by atoms with E-state index in [9.17, 15) is 14.0 Å². The normalized spacial score (nSPS) is 20.9. The quantitative estimate of drug-likeness (QED) is 0.286. The van der Waals surface area contributed by atoms with Gasteiger partial charge in [-0.05, 0) is 55.5 Å². The highest BCUT2D eigenvalue weighted by atomic mass is 19.1. The molecule has 0 radical (unpaired) electrons. The molecule has 7 rings (SSSR count). The lowest BCUT2D eigenvalue weighted by Crippen LogP contribution is -2.50. The van der Waals surface area contributed by atoms with Gasteiger partial charge in [0.25, 0.3) is 5.91 Å². The molecule has 2 N–H and O–H groups in total. The Labute approximate surface area is 261 Å². The van der Waals surface area contributed by atoms with Gasteiger partial charge >= 0.3 is 0 Å². The summed E-state index contributed by atoms with van der Waals surface area (Å²) in [7, 11) is 1.88. The lowest BCUT2D eigenvalue weighted by Gasteiger charge is -2.28. The van der Waals surface area contributed by atoms with Gasteiger partial charge in [0.15, 0.2) is 5.67 Å². The first kappa shape index (κ1) is 29.1. The maximum Gasteiger partial charge on any atom is 0.258 e. The summed E-state index contributed by atoms with van der Waals surface area (Å²) in [6.07, 6.45) is 6.87. The highest BCUT2D eigenvalue weighted by Crippen LogP contribution is 2.40. The van der Waals surface area contributed by atoms with Crippen molar-refractivity contribution in [3.8, 4) is 22.5 Å². The number of fused-ring (bicyclic) bond motifs is 2.